The molecule has 0 aliphatic carbocycles. The Kier molecular flexibility index (Phi) is 6.50. The largest absolute Gasteiger partial charge is 0.492 e. The summed E-state index contributed by atoms with van der Waals surface area (Å²) in [6.07, 6.45) is 3.69. The van der Waals surface area contributed by atoms with Crippen molar-refractivity contribution in [3.63, 3.8) is 0 Å². The van der Waals surface area contributed by atoms with Gasteiger partial charge in [-0.25, -0.2) is 0 Å². The van der Waals surface area contributed by atoms with Gasteiger partial charge in [0.25, 0.3) is 0 Å². The quantitative estimate of drug-likeness (QED) is 0.678. The molecule has 0 bridgehead atoms. The van der Waals surface area contributed by atoms with E-state index in [0.29, 0.717) is 24.5 Å². The van der Waals surface area contributed by atoms with Crippen molar-refractivity contribution in [2.45, 2.75) is 40.2 Å². The van der Waals surface area contributed by atoms with Gasteiger partial charge in [-0.1, -0.05) is 20.8 Å². The van der Waals surface area contributed by atoms with Crippen LogP contribution in [0.2, 0.25) is 0 Å². The molecule has 4 heteroatoms. The minimum atomic E-state index is -0.423. The van der Waals surface area contributed by atoms with Crippen molar-refractivity contribution in [1.82, 2.24) is 4.98 Å². The normalized spacial score (nSPS) is 12.5. The van der Waals surface area contributed by atoms with Gasteiger partial charge in [0.05, 0.1) is 12.8 Å². The second kappa shape index (κ2) is 7.89. The number of Topliss-reactive ketones (excluding diaryl/α,β-unsaturated/α-hetero) is 1. The van der Waals surface area contributed by atoms with Gasteiger partial charge in [0, 0.05) is 18.4 Å². The molecule has 4 nitrogen and oxygen atoms in total. The zero-order chi connectivity index (χ0) is 14.3. The highest BCUT2D eigenvalue weighted by molar-refractivity contribution is 5.99. The summed E-state index contributed by atoms with van der Waals surface area (Å²) in [5, 5.41) is 0. The van der Waals surface area contributed by atoms with Gasteiger partial charge in [0.2, 0.25) is 0 Å². The number of hydrogen-bond donors (Lipinski definition) is 0. The van der Waals surface area contributed by atoms with E-state index in [1.165, 1.54) is 0 Å². The molecule has 0 saturated carbocycles. The molecule has 1 heterocycles. The fraction of sp³-hybridized carbons (Fsp3) is 0.600. The van der Waals surface area contributed by atoms with Crippen molar-refractivity contribution in [3.8, 4) is 5.75 Å². The fourth-order valence-corrected chi connectivity index (χ4v) is 1.77. The maximum atomic E-state index is 12.4. The molecule has 0 saturated heterocycles. The summed E-state index contributed by atoms with van der Waals surface area (Å²) in [5.74, 6) is 0.727. The summed E-state index contributed by atoms with van der Waals surface area (Å²) < 4.78 is 11.0. The number of ketones is 1. The molecule has 0 aliphatic heterocycles. The monoisotopic (exact) mass is 265 g/mol. The van der Waals surface area contributed by atoms with Crippen LogP contribution in [0.15, 0.2) is 18.5 Å². The van der Waals surface area contributed by atoms with Crippen LogP contribution in [0.1, 0.15) is 44.5 Å². The molecule has 0 fully saturated rings. The van der Waals surface area contributed by atoms with Gasteiger partial charge in [-0.15, -0.1) is 0 Å². The number of nitrogens with zero attached hydrogens (tertiary/aromatic N) is 1. The van der Waals surface area contributed by atoms with Crippen LogP contribution in [0.4, 0.5) is 0 Å². The molecular weight excluding hydrogens is 242 g/mol. The van der Waals surface area contributed by atoms with Gasteiger partial charge < -0.3 is 9.47 Å². The van der Waals surface area contributed by atoms with Crippen molar-refractivity contribution in [2.75, 3.05) is 13.2 Å². The Labute approximate surface area is 115 Å². The molecule has 0 spiro atoms. The van der Waals surface area contributed by atoms with E-state index in [1.807, 2.05) is 27.7 Å². The predicted molar refractivity (Wildman–Crippen MR) is 74.6 cm³/mol. The number of aromatic nitrogens is 1. The molecular formula is C15H23NO3. The Hall–Kier alpha value is -1.42. The lowest BCUT2D eigenvalue weighted by Crippen LogP contribution is -2.30. The molecule has 1 rings (SSSR count). The molecule has 1 aromatic rings. The Morgan fingerprint density at radius 2 is 2.05 bits per heavy atom. The van der Waals surface area contributed by atoms with Crippen LogP contribution in [0.3, 0.4) is 0 Å². The lowest BCUT2D eigenvalue weighted by Gasteiger charge is -2.19. The molecule has 1 aromatic heterocycles. The maximum absolute atomic E-state index is 12.4. The maximum Gasteiger partial charge on any atom is 0.193 e. The first-order valence-electron chi connectivity index (χ1n) is 6.83. The second-order valence-corrected chi connectivity index (χ2v) is 4.74. The molecule has 1 unspecified atom stereocenters. The minimum Gasteiger partial charge on any atom is -0.492 e. The third-order valence-corrected chi connectivity index (χ3v) is 2.68. The highest BCUT2D eigenvalue weighted by atomic mass is 16.5. The lowest BCUT2D eigenvalue weighted by molar-refractivity contribution is 0.0279. The third-order valence-electron chi connectivity index (χ3n) is 2.68. The van der Waals surface area contributed by atoms with Gasteiger partial charge in [-0.3, -0.25) is 9.78 Å². The molecule has 106 valence electrons. The molecule has 0 aliphatic rings. The van der Waals surface area contributed by atoms with Crippen molar-refractivity contribution < 1.29 is 14.3 Å². The summed E-state index contributed by atoms with van der Waals surface area (Å²) in [7, 11) is 0. The fourth-order valence-electron chi connectivity index (χ4n) is 1.77. The number of hydrogen-bond acceptors (Lipinski definition) is 4. The first-order chi connectivity index (χ1) is 9.10. The van der Waals surface area contributed by atoms with E-state index in [9.17, 15) is 4.79 Å². The smallest absolute Gasteiger partial charge is 0.193 e. The minimum absolute atomic E-state index is 0.0358. The van der Waals surface area contributed by atoms with E-state index in [-0.39, 0.29) is 11.7 Å². The molecule has 1 atom stereocenters. The standard InChI is InChI=1S/C15H23NO3/c1-5-7-19-13-8-12(9-16-10-13)14(17)15(11(3)4)18-6-2/h8-11,15H,5-7H2,1-4H3. The molecule has 0 radical (unpaired) electrons. The zero-order valence-corrected chi connectivity index (χ0v) is 12.2. The average molecular weight is 265 g/mol. The highest BCUT2D eigenvalue weighted by Gasteiger charge is 2.24. The number of carbonyl (C=O) groups excluding carboxylic acids is 1. The van der Waals surface area contributed by atoms with Gasteiger partial charge >= 0.3 is 0 Å². The van der Waals surface area contributed by atoms with Crippen LogP contribution in [0.5, 0.6) is 5.75 Å². The topological polar surface area (TPSA) is 48.4 Å². The third kappa shape index (κ3) is 4.63. The number of pyridine rings is 1. The Morgan fingerprint density at radius 3 is 2.63 bits per heavy atom. The SMILES string of the molecule is CCCOc1cncc(C(=O)C(OCC)C(C)C)c1. The van der Waals surface area contributed by atoms with Crippen LogP contribution in [-0.2, 0) is 4.74 Å². The summed E-state index contributed by atoms with van der Waals surface area (Å²) >= 11 is 0. The average Bonchev–Trinajstić information content (AvgIpc) is 2.41. The number of carbonyl (C=O) groups is 1. The van der Waals surface area contributed by atoms with Gasteiger partial charge in [-0.05, 0) is 25.3 Å². The van der Waals surface area contributed by atoms with Crippen LogP contribution >= 0.6 is 0 Å². The van der Waals surface area contributed by atoms with Gasteiger partial charge in [0.15, 0.2) is 5.78 Å². The first kappa shape index (κ1) is 15.6. The van der Waals surface area contributed by atoms with Crippen LogP contribution in [0.25, 0.3) is 0 Å². The predicted octanol–water partition coefficient (Wildman–Crippen LogP) is 3.11. The Bertz CT molecular complexity index is 404. The molecule has 0 aromatic carbocycles. The lowest BCUT2D eigenvalue weighted by atomic mass is 9.98. The number of rotatable bonds is 8. The van der Waals surface area contributed by atoms with E-state index in [4.69, 9.17) is 9.47 Å². The Morgan fingerprint density at radius 1 is 1.32 bits per heavy atom. The van der Waals surface area contributed by atoms with E-state index < -0.39 is 6.10 Å². The van der Waals surface area contributed by atoms with E-state index >= 15 is 0 Å². The van der Waals surface area contributed by atoms with Crippen LogP contribution in [-0.4, -0.2) is 30.1 Å². The van der Waals surface area contributed by atoms with Crippen LogP contribution < -0.4 is 4.74 Å². The van der Waals surface area contributed by atoms with Crippen molar-refractivity contribution in [1.29, 1.82) is 0 Å². The van der Waals surface area contributed by atoms with Crippen molar-refractivity contribution >= 4 is 5.78 Å². The highest BCUT2D eigenvalue weighted by Crippen LogP contribution is 2.17. The van der Waals surface area contributed by atoms with Crippen molar-refractivity contribution in [2.24, 2.45) is 5.92 Å². The number of ether oxygens (including phenoxy) is 2. The van der Waals surface area contributed by atoms with E-state index in [0.717, 1.165) is 6.42 Å². The zero-order valence-electron chi connectivity index (χ0n) is 12.2. The van der Waals surface area contributed by atoms with Gasteiger partial charge in [0.1, 0.15) is 11.9 Å². The molecule has 19 heavy (non-hydrogen) atoms. The second-order valence-electron chi connectivity index (χ2n) is 4.74. The Balaban J connectivity index is 2.85. The van der Waals surface area contributed by atoms with Gasteiger partial charge in [-0.2, -0.15) is 0 Å². The molecule has 0 amide bonds. The summed E-state index contributed by atoms with van der Waals surface area (Å²) in [5.41, 5.74) is 0.542. The first-order valence-corrected chi connectivity index (χ1v) is 6.83. The molecule has 0 N–H and O–H groups in total. The van der Waals surface area contributed by atoms with E-state index in [1.54, 1.807) is 18.5 Å². The van der Waals surface area contributed by atoms with E-state index in [2.05, 4.69) is 4.98 Å². The summed E-state index contributed by atoms with van der Waals surface area (Å²) in [4.78, 5) is 16.4. The van der Waals surface area contributed by atoms with Crippen molar-refractivity contribution in [3.05, 3.63) is 24.0 Å². The summed E-state index contributed by atoms with van der Waals surface area (Å²) in [6, 6.07) is 1.74. The van der Waals surface area contributed by atoms with Crippen LogP contribution in [0, 0.1) is 5.92 Å². The summed E-state index contributed by atoms with van der Waals surface area (Å²) in [6.45, 7) is 9.02.